The van der Waals surface area contributed by atoms with Gasteiger partial charge >= 0.3 is 0 Å². The van der Waals surface area contributed by atoms with Crippen molar-refractivity contribution in [2.75, 3.05) is 18.0 Å². The highest BCUT2D eigenvalue weighted by Crippen LogP contribution is 2.20. The van der Waals surface area contributed by atoms with Gasteiger partial charge in [-0.1, -0.05) is 0 Å². The third kappa shape index (κ3) is 2.33. The summed E-state index contributed by atoms with van der Waals surface area (Å²) in [5.41, 5.74) is 1.43. The van der Waals surface area contributed by atoms with Gasteiger partial charge in [0.05, 0.1) is 11.6 Å². The van der Waals surface area contributed by atoms with E-state index in [1.54, 1.807) is 24.3 Å². The minimum absolute atomic E-state index is 0.474. The van der Waals surface area contributed by atoms with Gasteiger partial charge in [0.2, 0.25) is 0 Å². The van der Waals surface area contributed by atoms with Gasteiger partial charge in [0.15, 0.2) is 0 Å². The van der Waals surface area contributed by atoms with Crippen molar-refractivity contribution in [2.45, 2.75) is 13.8 Å². The number of benzene rings is 1. The van der Waals surface area contributed by atoms with E-state index in [2.05, 4.69) is 16.2 Å². The van der Waals surface area contributed by atoms with Crippen LogP contribution in [0.4, 0.5) is 5.95 Å². The van der Waals surface area contributed by atoms with Crippen LogP contribution in [0, 0.1) is 11.3 Å². The van der Waals surface area contributed by atoms with Crippen LogP contribution in [0.15, 0.2) is 28.8 Å². The van der Waals surface area contributed by atoms with Gasteiger partial charge in [-0.3, -0.25) is 0 Å². The molecule has 92 valence electrons. The average Bonchev–Trinajstić information content (AvgIpc) is 2.90. The fourth-order valence-electron chi connectivity index (χ4n) is 1.66. The van der Waals surface area contributed by atoms with E-state index < -0.39 is 0 Å². The molecule has 5 nitrogen and oxygen atoms in total. The van der Waals surface area contributed by atoms with Crippen molar-refractivity contribution >= 4 is 5.95 Å². The number of nitriles is 1. The van der Waals surface area contributed by atoms with Gasteiger partial charge in [0.25, 0.3) is 11.8 Å². The SMILES string of the molecule is CCN(CC)c1noc(-c2ccc(C#N)cc2)n1. The van der Waals surface area contributed by atoms with E-state index >= 15 is 0 Å². The molecule has 0 amide bonds. The van der Waals surface area contributed by atoms with E-state index in [0.29, 0.717) is 17.4 Å². The topological polar surface area (TPSA) is 66.0 Å². The first-order chi connectivity index (χ1) is 8.78. The second-order valence-electron chi connectivity index (χ2n) is 3.76. The highest BCUT2D eigenvalue weighted by Gasteiger charge is 2.12. The van der Waals surface area contributed by atoms with E-state index in [-0.39, 0.29) is 0 Å². The van der Waals surface area contributed by atoms with Crippen molar-refractivity contribution in [3.63, 3.8) is 0 Å². The van der Waals surface area contributed by atoms with E-state index in [1.165, 1.54) is 0 Å². The molecule has 0 aliphatic heterocycles. The fourth-order valence-corrected chi connectivity index (χ4v) is 1.66. The zero-order valence-corrected chi connectivity index (χ0v) is 10.4. The van der Waals surface area contributed by atoms with Gasteiger partial charge in [-0.15, -0.1) is 0 Å². The molecule has 18 heavy (non-hydrogen) atoms. The maximum Gasteiger partial charge on any atom is 0.266 e. The molecule has 1 heterocycles. The highest BCUT2D eigenvalue weighted by atomic mass is 16.5. The number of rotatable bonds is 4. The Hall–Kier alpha value is -2.35. The molecule has 1 aromatic carbocycles. The first-order valence-corrected chi connectivity index (χ1v) is 5.87. The maximum atomic E-state index is 8.73. The highest BCUT2D eigenvalue weighted by molar-refractivity contribution is 5.56. The van der Waals surface area contributed by atoms with Crippen LogP contribution in [0.3, 0.4) is 0 Å². The van der Waals surface area contributed by atoms with Crippen molar-refractivity contribution < 1.29 is 4.52 Å². The monoisotopic (exact) mass is 242 g/mol. The van der Waals surface area contributed by atoms with Crippen LogP contribution in [-0.2, 0) is 0 Å². The van der Waals surface area contributed by atoms with Crippen molar-refractivity contribution in [1.82, 2.24) is 10.1 Å². The Morgan fingerprint density at radius 2 is 1.89 bits per heavy atom. The summed E-state index contributed by atoms with van der Waals surface area (Å²) in [6.07, 6.45) is 0. The fraction of sp³-hybridized carbons (Fsp3) is 0.308. The van der Waals surface area contributed by atoms with E-state index in [9.17, 15) is 0 Å². The summed E-state index contributed by atoms with van der Waals surface area (Å²) in [4.78, 5) is 6.35. The minimum atomic E-state index is 0.474. The number of nitrogens with zero attached hydrogens (tertiary/aromatic N) is 4. The molecule has 2 aromatic rings. The Morgan fingerprint density at radius 3 is 2.44 bits per heavy atom. The van der Waals surface area contributed by atoms with Crippen LogP contribution >= 0.6 is 0 Å². The number of anilines is 1. The lowest BCUT2D eigenvalue weighted by Gasteiger charge is -2.14. The normalized spacial score (nSPS) is 10.1. The summed E-state index contributed by atoms with van der Waals surface area (Å²) < 4.78 is 5.22. The Labute approximate surface area is 106 Å². The van der Waals surface area contributed by atoms with Gasteiger partial charge in [-0.05, 0) is 43.3 Å². The number of aromatic nitrogens is 2. The smallest absolute Gasteiger partial charge is 0.266 e. The first kappa shape index (κ1) is 12.1. The van der Waals surface area contributed by atoms with Crippen LogP contribution in [0.1, 0.15) is 19.4 Å². The van der Waals surface area contributed by atoms with Crippen LogP contribution in [0.2, 0.25) is 0 Å². The molecule has 0 aliphatic carbocycles. The van der Waals surface area contributed by atoms with Gasteiger partial charge in [-0.2, -0.15) is 10.2 Å². The largest absolute Gasteiger partial charge is 0.339 e. The summed E-state index contributed by atoms with van der Waals surface area (Å²) in [5, 5.41) is 12.7. The molecular weight excluding hydrogens is 228 g/mol. The Balaban J connectivity index is 2.26. The van der Waals surface area contributed by atoms with Gasteiger partial charge in [0.1, 0.15) is 0 Å². The van der Waals surface area contributed by atoms with Crippen LogP contribution in [0.25, 0.3) is 11.5 Å². The maximum absolute atomic E-state index is 8.73. The van der Waals surface area contributed by atoms with Gasteiger partial charge in [-0.25, -0.2) is 0 Å². The van der Waals surface area contributed by atoms with Crippen LogP contribution < -0.4 is 4.90 Å². The van der Waals surface area contributed by atoms with Crippen LogP contribution in [-0.4, -0.2) is 23.2 Å². The molecular formula is C13H14N4O. The van der Waals surface area contributed by atoms with Gasteiger partial charge < -0.3 is 9.42 Å². The summed E-state index contributed by atoms with van der Waals surface area (Å²) in [6, 6.07) is 9.15. The number of hydrogen-bond donors (Lipinski definition) is 0. The first-order valence-electron chi connectivity index (χ1n) is 5.87. The molecule has 2 rings (SSSR count). The molecule has 0 aliphatic rings. The van der Waals surface area contributed by atoms with E-state index in [0.717, 1.165) is 18.7 Å². The third-order valence-corrected chi connectivity index (χ3v) is 2.72. The molecule has 0 saturated heterocycles. The van der Waals surface area contributed by atoms with Crippen molar-refractivity contribution in [3.8, 4) is 17.5 Å². The second-order valence-corrected chi connectivity index (χ2v) is 3.76. The Bertz CT molecular complexity index is 549. The molecule has 5 heteroatoms. The molecule has 0 unspecified atom stereocenters. The predicted molar refractivity (Wildman–Crippen MR) is 68.0 cm³/mol. The molecule has 0 spiro atoms. The van der Waals surface area contributed by atoms with Crippen molar-refractivity contribution in [1.29, 1.82) is 5.26 Å². The molecule has 0 N–H and O–H groups in total. The van der Waals surface area contributed by atoms with Crippen molar-refractivity contribution in [2.24, 2.45) is 0 Å². The zero-order valence-electron chi connectivity index (χ0n) is 10.4. The van der Waals surface area contributed by atoms with Gasteiger partial charge in [0, 0.05) is 18.7 Å². The van der Waals surface area contributed by atoms with E-state index in [4.69, 9.17) is 9.78 Å². The second kappa shape index (κ2) is 5.32. The summed E-state index contributed by atoms with van der Waals surface area (Å²) in [7, 11) is 0. The van der Waals surface area contributed by atoms with E-state index in [1.807, 2.05) is 18.7 Å². The van der Waals surface area contributed by atoms with Crippen LogP contribution in [0.5, 0.6) is 0 Å². The lowest BCUT2D eigenvalue weighted by molar-refractivity contribution is 0.429. The lowest BCUT2D eigenvalue weighted by atomic mass is 10.1. The molecule has 0 saturated carbocycles. The summed E-state index contributed by atoms with van der Waals surface area (Å²) >= 11 is 0. The minimum Gasteiger partial charge on any atom is -0.339 e. The summed E-state index contributed by atoms with van der Waals surface area (Å²) in [5.74, 6) is 1.07. The lowest BCUT2D eigenvalue weighted by Crippen LogP contribution is -2.22. The quantitative estimate of drug-likeness (QED) is 0.823. The average molecular weight is 242 g/mol. The molecule has 0 radical (unpaired) electrons. The predicted octanol–water partition coefficient (Wildman–Crippen LogP) is 2.45. The molecule has 0 atom stereocenters. The third-order valence-electron chi connectivity index (χ3n) is 2.72. The standard InChI is InChI=1S/C13H14N4O/c1-3-17(4-2)13-15-12(18-16-13)11-7-5-10(9-14)6-8-11/h5-8H,3-4H2,1-2H3. The molecule has 0 bridgehead atoms. The zero-order chi connectivity index (χ0) is 13.0. The molecule has 0 fully saturated rings. The Kier molecular flexibility index (Phi) is 3.58. The van der Waals surface area contributed by atoms with Crippen molar-refractivity contribution in [3.05, 3.63) is 29.8 Å². The molecule has 1 aromatic heterocycles. The number of hydrogen-bond acceptors (Lipinski definition) is 5. The Morgan fingerprint density at radius 1 is 1.22 bits per heavy atom. The summed E-state index contributed by atoms with van der Waals surface area (Å²) in [6.45, 7) is 5.76.